The minimum absolute atomic E-state index is 0. The maximum atomic E-state index is 12.0. The first-order valence-corrected chi connectivity index (χ1v) is 4.41. The zero-order valence-electron chi connectivity index (χ0n) is 8.57. The van der Waals surface area contributed by atoms with Crippen LogP contribution in [0.1, 0.15) is 18.0 Å². The topological polar surface area (TPSA) is 59.0 Å². The summed E-state index contributed by atoms with van der Waals surface area (Å²) in [5, 5.41) is 8.43. The Bertz CT molecular complexity index is 403. The van der Waals surface area contributed by atoms with Gasteiger partial charge in [-0.15, -0.1) is 25.6 Å². The van der Waals surface area contributed by atoms with Gasteiger partial charge in [-0.2, -0.15) is 5.26 Å². The molecule has 0 spiro atoms. The molecule has 1 aromatic carbocycles. The summed E-state index contributed by atoms with van der Waals surface area (Å²) in [4.78, 5) is 0. The number of nitrogens with two attached hydrogens (primary N) is 1. The van der Waals surface area contributed by atoms with E-state index in [-0.39, 0.29) is 30.1 Å². The Morgan fingerprint density at radius 1 is 1.35 bits per heavy atom. The number of halogens is 4. The average molecular weight is 267 g/mol. The molecule has 0 aromatic heterocycles. The van der Waals surface area contributed by atoms with Crippen molar-refractivity contribution >= 4 is 12.4 Å². The van der Waals surface area contributed by atoms with E-state index in [0.29, 0.717) is 0 Å². The second kappa shape index (κ2) is 6.33. The van der Waals surface area contributed by atoms with Crippen molar-refractivity contribution in [3.8, 4) is 11.8 Å². The van der Waals surface area contributed by atoms with Crippen LogP contribution in [-0.2, 0) is 0 Å². The van der Waals surface area contributed by atoms with Crippen LogP contribution in [0.5, 0.6) is 5.75 Å². The van der Waals surface area contributed by atoms with Crippen LogP contribution >= 0.6 is 12.4 Å². The van der Waals surface area contributed by atoms with E-state index in [1.807, 2.05) is 0 Å². The Hall–Kier alpha value is -1.45. The van der Waals surface area contributed by atoms with Gasteiger partial charge in [-0.3, -0.25) is 0 Å². The lowest BCUT2D eigenvalue weighted by Crippen LogP contribution is -2.20. The van der Waals surface area contributed by atoms with E-state index in [2.05, 4.69) is 4.74 Å². The monoisotopic (exact) mass is 266 g/mol. The van der Waals surface area contributed by atoms with Gasteiger partial charge in [0, 0.05) is 11.6 Å². The lowest BCUT2D eigenvalue weighted by Gasteiger charge is -2.15. The van der Waals surface area contributed by atoms with Crippen molar-refractivity contribution in [1.29, 1.82) is 5.26 Å². The molecule has 0 heterocycles. The highest BCUT2D eigenvalue weighted by atomic mass is 35.5. The third kappa shape index (κ3) is 4.93. The second-order valence-corrected chi connectivity index (χ2v) is 3.05. The van der Waals surface area contributed by atoms with Gasteiger partial charge in [0.15, 0.2) is 0 Å². The minimum atomic E-state index is -4.76. The fraction of sp³-hybridized carbons (Fsp3) is 0.300. The molecule has 94 valence electrons. The maximum absolute atomic E-state index is 12.0. The third-order valence-corrected chi connectivity index (χ3v) is 1.86. The van der Waals surface area contributed by atoms with E-state index in [1.54, 1.807) is 6.07 Å². The summed E-state index contributed by atoms with van der Waals surface area (Å²) >= 11 is 0. The standard InChI is InChI=1S/C10H9F3N2O.ClH/c11-10(12,13)16-9-4-2-1-3-7(9)8(15)5-6-14;/h1-4,8H,5,15H2;1H/t8-;/m1./s1. The molecule has 17 heavy (non-hydrogen) atoms. The van der Waals surface area contributed by atoms with Gasteiger partial charge in [-0.25, -0.2) is 0 Å². The number of hydrogen-bond donors (Lipinski definition) is 1. The van der Waals surface area contributed by atoms with E-state index >= 15 is 0 Å². The average Bonchev–Trinajstić information content (AvgIpc) is 2.16. The van der Waals surface area contributed by atoms with Crippen LogP contribution in [0.25, 0.3) is 0 Å². The molecule has 0 radical (unpaired) electrons. The lowest BCUT2D eigenvalue weighted by molar-refractivity contribution is -0.275. The number of nitriles is 1. The molecule has 0 unspecified atom stereocenters. The lowest BCUT2D eigenvalue weighted by atomic mass is 10.0. The highest BCUT2D eigenvalue weighted by Crippen LogP contribution is 2.30. The van der Waals surface area contributed by atoms with Crippen LogP contribution in [0.4, 0.5) is 13.2 Å². The molecule has 1 rings (SSSR count). The molecule has 0 saturated carbocycles. The van der Waals surface area contributed by atoms with E-state index in [0.717, 1.165) is 0 Å². The van der Waals surface area contributed by atoms with Gasteiger partial charge >= 0.3 is 6.36 Å². The number of para-hydroxylation sites is 1. The summed E-state index contributed by atoms with van der Waals surface area (Å²) in [5.41, 5.74) is 5.72. The fourth-order valence-electron chi connectivity index (χ4n) is 1.21. The number of rotatable bonds is 3. The molecule has 0 amide bonds. The fourth-order valence-corrected chi connectivity index (χ4v) is 1.21. The first-order chi connectivity index (χ1) is 7.44. The Kier molecular flexibility index (Phi) is 5.79. The number of nitrogens with zero attached hydrogens (tertiary/aromatic N) is 1. The van der Waals surface area contributed by atoms with Crippen LogP contribution in [0, 0.1) is 11.3 Å². The Morgan fingerprint density at radius 3 is 2.47 bits per heavy atom. The summed E-state index contributed by atoms with van der Waals surface area (Å²) in [6, 6.07) is 6.52. The van der Waals surface area contributed by atoms with Crippen LogP contribution in [0.3, 0.4) is 0 Å². The quantitative estimate of drug-likeness (QED) is 0.915. The second-order valence-electron chi connectivity index (χ2n) is 3.05. The van der Waals surface area contributed by atoms with Crippen molar-refractivity contribution in [1.82, 2.24) is 0 Å². The van der Waals surface area contributed by atoms with Gasteiger partial charge in [-0.1, -0.05) is 18.2 Å². The van der Waals surface area contributed by atoms with Crippen molar-refractivity contribution in [2.24, 2.45) is 5.73 Å². The number of hydrogen-bond acceptors (Lipinski definition) is 3. The molecule has 0 saturated heterocycles. The molecular weight excluding hydrogens is 257 g/mol. The summed E-state index contributed by atoms with van der Waals surface area (Å²) in [6.07, 6.45) is -4.83. The summed E-state index contributed by atoms with van der Waals surface area (Å²) in [7, 11) is 0. The molecule has 7 heteroatoms. The van der Waals surface area contributed by atoms with Crippen molar-refractivity contribution in [3.05, 3.63) is 29.8 Å². The zero-order chi connectivity index (χ0) is 12.2. The molecule has 0 bridgehead atoms. The summed E-state index contributed by atoms with van der Waals surface area (Å²) < 4.78 is 39.9. The van der Waals surface area contributed by atoms with E-state index in [4.69, 9.17) is 11.0 Å². The van der Waals surface area contributed by atoms with Crippen LogP contribution in [0.2, 0.25) is 0 Å². The van der Waals surface area contributed by atoms with Gasteiger partial charge in [0.1, 0.15) is 5.75 Å². The van der Waals surface area contributed by atoms with Crippen LogP contribution < -0.4 is 10.5 Å². The summed E-state index contributed by atoms with van der Waals surface area (Å²) in [5.74, 6) is -0.363. The highest BCUT2D eigenvalue weighted by Gasteiger charge is 2.32. The molecule has 0 aliphatic rings. The molecule has 0 aliphatic carbocycles. The van der Waals surface area contributed by atoms with E-state index < -0.39 is 12.4 Å². The van der Waals surface area contributed by atoms with Gasteiger partial charge in [0.25, 0.3) is 0 Å². The Morgan fingerprint density at radius 2 is 1.94 bits per heavy atom. The molecular formula is C10H10ClF3N2O. The molecule has 1 aromatic rings. The predicted molar refractivity (Wildman–Crippen MR) is 57.5 cm³/mol. The van der Waals surface area contributed by atoms with Gasteiger partial charge in [0.2, 0.25) is 0 Å². The molecule has 2 N–H and O–H groups in total. The van der Waals surface area contributed by atoms with Gasteiger partial charge in [-0.05, 0) is 6.07 Å². The van der Waals surface area contributed by atoms with Crippen LogP contribution in [0.15, 0.2) is 24.3 Å². The summed E-state index contributed by atoms with van der Waals surface area (Å²) in [6.45, 7) is 0. The van der Waals surface area contributed by atoms with E-state index in [9.17, 15) is 13.2 Å². The Labute approximate surface area is 102 Å². The number of benzene rings is 1. The molecule has 0 fully saturated rings. The van der Waals surface area contributed by atoms with Crippen molar-refractivity contribution in [2.45, 2.75) is 18.8 Å². The third-order valence-electron chi connectivity index (χ3n) is 1.86. The first kappa shape index (κ1) is 15.6. The molecule has 1 atom stereocenters. The van der Waals surface area contributed by atoms with Crippen molar-refractivity contribution < 1.29 is 17.9 Å². The normalized spacial score (nSPS) is 12.2. The van der Waals surface area contributed by atoms with Crippen molar-refractivity contribution in [2.75, 3.05) is 0 Å². The first-order valence-electron chi connectivity index (χ1n) is 4.41. The molecule has 0 aliphatic heterocycles. The number of alkyl halides is 3. The van der Waals surface area contributed by atoms with Crippen LogP contribution in [-0.4, -0.2) is 6.36 Å². The predicted octanol–water partition coefficient (Wildman–Crippen LogP) is 2.92. The SMILES string of the molecule is Cl.N#CC[C@@H](N)c1ccccc1OC(F)(F)F. The maximum Gasteiger partial charge on any atom is 0.573 e. The van der Waals surface area contributed by atoms with Crippen molar-refractivity contribution in [3.63, 3.8) is 0 Å². The van der Waals surface area contributed by atoms with Gasteiger partial charge < -0.3 is 10.5 Å². The largest absolute Gasteiger partial charge is 0.573 e. The Balaban J connectivity index is 0.00000256. The number of ether oxygens (including phenoxy) is 1. The van der Waals surface area contributed by atoms with E-state index in [1.165, 1.54) is 24.3 Å². The zero-order valence-corrected chi connectivity index (χ0v) is 9.39. The minimum Gasteiger partial charge on any atom is -0.405 e. The highest BCUT2D eigenvalue weighted by molar-refractivity contribution is 5.85. The smallest absolute Gasteiger partial charge is 0.405 e. The molecule has 3 nitrogen and oxygen atoms in total. The van der Waals surface area contributed by atoms with Gasteiger partial charge in [0.05, 0.1) is 12.5 Å².